The van der Waals surface area contributed by atoms with Crippen molar-refractivity contribution in [3.63, 3.8) is 0 Å². The number of rotatable bonds is 16. The van der Waals surface area contributed by atoms with Gasteiger partial charge < -0.3 is 35.4 Å². The molecule has 1 heterocycles. The molecule has 3 aromatic rings. The molecule has 45 heavy (non-hydrogen) atoms. The number of aromatic nitrogens is 1. The van der Waals surface area contributed by atoms with E-state index in [0.717, 1.165) is 51.3 Å². The van der Waals surface area contributed by atoms with Gasteiger partial charge in [0.05, 0.1) is 5.69 Å². The molecule has 2 N–H and O–H groups in total. The minimum absolute atomic E-state index is 0. The fourth-order valence-electron chi connectivity index (χ4n) is 5.94. The van der Waals surface area contributed by atoms with Gasteiger partial charge in [0, 0.05) is 50.3 Å². The van der Waals surface area contributed by atoms with Crippen LogP contribution in [0.4, 0.5) is 11.4 Å². The maximum absolute atomic E-state index is 4.64. The number of nitrogens with one attached hydrogen (secondary N) is 2. The molecule has 0 aliphatic rings. The van der Waals surface area contributed by atoms with E-state index < -0.39 is 0 Å². The number of pyridine rings is 1. The zero-order valence-corrected chi connectivity index (χ0v) is 31.9. The third kappa shape index (κ3) is 13.1. The van der Waals surface area contributed by atoms with Crippen LogP contribution >= 0.6 is 0 Å². The van der Waals surface area contributed by atoms with E-state index in [1.807, 2.05) is 12.3 Å². The number of hydrogen-bond donors (Lipinski definition) is 2. The Kier molecular flexibility index (Phi) is 20.3. The fraction of sp³-hybridized carbons (Fsp3) is 0.553. The normalized spacial score (nSPS) is 11.1. The second-order valence-corrected chi connectivity index (χ2v) is 13.4. The Bertz CT molecular complexity index is 1130. The van der Waals surface area contributed by atoms with Gasteiger partial charge in [0.25, 0.3) is 0 Å². The van der Waals surface area contributed by atoms with Crippen LogP contribution in [0.25, 0.3) is 0 Å². The van der Waals surface area contributed by atoms with Crippen molar-refractivity contribution in [1.29, 1.82) is 0 Å². The summed E-state index contributed by atoms with van der Waals surface area (Å²) in [6.07, 6.45) is 4.10. The van der Waals surface area contributed by atoms with E-state index in [1.54, 1.807) is 0 Å². The third-order valence-electron chi connectivity index (χ3n) is 8.19. The molecule has 2 aromatic carbocycles. The Morgan fingerprint density at radius 1 is 0.622 bits per heavy atom. The monoisotopic (exact) mass is 699 g/mol. The molecule has 0 aliphatic heterocycles. The predicted octanol–water partition coefficient (Wildman–Crippen LogP) is 4.00. The van der Waals surface area contributed by atoms with Crippen LogP contribution in [0, 0.1) is 13.8 Å². The van der Waals surface area contributed by atoms with Crippen LogP contribution in [0.2, 0.25) is 0 Å². The minimum Gasteiger partial charge on any atom is -1.00 e. The van der Waals surface area contributed by atoms with Crippen molar-refractivity contribution in [3.8, 4) is 0 Å². The van der Waals surface area contributed by atoms with Gasteiger partial charge in [-0.05, 0) is 84.7 Å². The number of anilines is 2. The number of aryl methyl sites for hydroxylation is 2. The van der Waals surface area contributed by atoms with Crippen molar-refractivity contribution < 1.29 is 41.6 Å². The zero-order valence-electron chi connectivity index (χ0n) is 29.4. The van der Waals surface area contributed by atoms with E-state index in [0.29, 0.717) is 23.7 Å². The van der Waals surface area contributed by atoms with Crippen LogP contribution in [0.1, 0.15) is 131 Å². The number of nitrogens with zero attached hydrogens (tertiary/aromatic N) is 2. The van der Waals surface area contributed by atoms with Crippen LogP contribution in [-0.4, -0.2) is 36.1 Å². The van der Waals surface area contributed by atoms with Gasteiger partial charge in [0.2, 0.25) is 0 Å². The average molecular weight is 701 g/mol. The zero-order chi connectivity index (χ0) is 30.8. The molecule has 0 spiro atoms. The summed E-state index contributed by atoms with van der Waals surface area (Å²) in [6, 6.07) is 15.7. The molecular weight excluding hydrogens is 642 g/mol. The Hall–Kier alpha value is -1.76. The van der Waals surface area contributed by atoms with Crippen LogP contribution < -0.4 is 35.4 Å². The first-order valence-electron chi connectivity index (χ1n) is 16.4. The van der Waals surface area contributed by atoms with E-state index in [1.165, 1.54) is 44.8 Å². The molecule has 0 saturated heterocycles. The van der Waals surface area contributed by atoms with E-state index in [4.69, 9.17) is 0 Å². The first-order valence-corrected chi connectivity index (χ1v) is 16.4. The Balaban J connectivity index is 0.00000645. The van der Waals surface area contributed by atoms with E-state index in [2.05, 4.69) is 126 Å². The van der Waals surface area contributed by atoms with Crippen molar-refractivity contribution in [1.82, 2.24) is 9.88 Å². The Morgan fingerprint density at radius 3 is 1.31 bits per heavy atom. The third-order valence-corrected chi connectivity index (χ3v) is 8.19. The van der Waals surface area contributed by atoms with E-state index in [-0.39, 0.29) is 41.6 Å². The largest absolute Gasteiger partial charge is 2.00 e. The van der Waals surface area contributed by atoms with Gasteiger partial charge in [-0.1, -0.05) is 96.8 Å². The molecular formula is C38H58Cl2CoN4. The van der Waals surface area contributed by atoms with Gasteiger partial charge in [-0.25, -0.2) is 0 Å². The van der Waals surface area contributed by atoms with Gasteiger partial charge >= 0.3 is 16.8 Å². The van der Waals surface area contributed by atoms with Gasteiger partial charge in [-0.2, -0.15) is 0 Å². The van der Waals surface area contributed by atoms with Crippen LogP contribution in [0.3, 0.4) is 0 Å². The van der Waals surface area contributed by atoms with Crippen molar-refractivity contribution in [2.75, 3.05) is 36.8 Å². The van der Waals surface area contributed by atoms with Crippen LogP contribution in [0.15, 0.2) is 48.7 Å². The molecule has 0 fully saturated rings. The van der Waals surface area contributed by atoms with E-state index in [9.17, 15) is 0 Å². The second-order valence-electron chi connectivity index (χ2n) is 13.4. The molecule has 253 valence electrons. The molecule has 0 amide bonds. The van der Waals surface area contributed by atoms with Gasteiger partial charge in [-0.3, -0.25) is 9.88 Å². The molecule has 7 heteroatoms. The number of benzene rings is 2. The first kappa shape index (κ1) is 43.2. The minimum atomic E-state index is 0. The van der Waals surface area contributed by atoms with E-state index >= 15 is 0 Å². The molecule has 0 saturated carbocycles. The van der Waals surface area contributed by atoms with Gasteiger partial charge in [0.1, 0.15) is 0 Å². The summed E-state index contributed by atoms with van der Waals surface area (Å²) in [6.45, 7) is 27.8. The molecule has 4 nitrogen and oxygen atoms in total. The summed E-state index contributed by atoms with van der Waals surface area (Å²) in [4.78, 5) is 7.22. The molecule has 0 atom stereocenters. The fourth-order valence-corrected chi connectivity index (χ4v) is 5.94. The number of halogens is 2. The SMILES string of the molecule is Cc1cc(C(C)C)c(NCCCN(CCCNc2c(C(C)C)cc(C)cc2C(C)C)Cc2ccccn2)c(C(C)C)c1.[Cl-].[Cl-].[Co+2]. The summed E-state index contributed by atoms with van der Waals surface area (Å²) in [5, 5.41) is 7.73. The van der Waals surface area contributed by atoms with Gasteiger partial charge in [-0.15, -0.1) is 0 Å². The summed E-state index contributed by atoms with van der Waals surface area (Å²) in [7, 11) is 0. The summed E-state index contributed by atoms with van der Waals surface area (Å²) >= 11 is 0. The first-order chi connectivity index (χ1) is 20.0. The molecule has 0 aliphatic carbocycles. The maximum Gasteiger partial charge on any atom is 2.00 e. The molecule has 3 rings (SSSR count). The van der Waals surface area contributed by atoms with Gasteiger partial charge in [0.15, 0.2) is 0 Å². The molecule has 1 aromatic heterocycles. The molecule has 1 radical (unpaired) electrons. The van der Waals surface area contributed by atoms with Crippen LogP contribution in [-0.2, 0) is 23.3 Å². The maximum atomic E-state index is 4.64. The molecule has 0 unspecified atom stereocenters. The quantitative estimate of drug-likeness (QED) is 0.222. The standard InChI is InChI=1S/C38H58N4.2ClH.Co/c1-26(2)33-21-30(9)22-34(27(3)4)37(33)40-17-13-19-42(25-32-15-11-12-16-39-32)20-14-18-41-38-35(28(5)6)23-31(10)24-36(38)29(7)8;;;/h11-12,15-16,21-24,26-29,40-41H,13-14,17-20,25H2,1-10H3;2*1H;/q;;;+2/p-2. The van der Waals surface area contributed by atoms with Crippen LogP contribution in [0.5, 0.6) is 0 Å². The van der Waals surface area contributed by atoms with Crippen molar-refractivity contribution in [3.05, 3.63) is 87.7 Å². The predicted molar refractivity (Wildman–Crippen MR) is 184 cm³/mol. The Labute approximate surface area is 298 Å². The molecule has 0 bridgehead atoms. The van der Waals surface area contributed by atoms with Crippen molar-refractivity contribution in [2.45, 2.75) is 112 Å². The second kappa shape index (κ2) is 21.2. The van der Waals surface area contributed by atoms with Crippen molar-refractivity contribution in [2.24, 2.45) is 0 Å². The summed E-state index contributed by atoms with van der Waals surface area (Å²) in [5.74, 6) is 2.00. The van der Waals surface area contributed by atoms with Crippen molar-refractivity contribution >= 4 is 11.4 Å². The topological polar surface area (TPSA) is 40.2 Å². The summed E-state index contributed by atoms with van der Waals surface area (Å²) < 4.78 is 0. The Morgan fingerprint density at radius 2 is 1.00 bits per heavy atom. The summed E-state index contributed by atoms with van der Waals surface area (Å²) in [5.41, 5.74) is 12.3. The smallest absolute Gasteiger partial charge is 1.00 e. The average Bonchev–Trinajstić information content (AvgIpc) is 2.93. The number of hydrogen-bond acceptors (Lipinski definition) is 4.